The first kappa shape index (κ1) is 36.9. The molecule has 37 heavy (non-hydrogen) atoms. The molecule has 2 heteroatoms. The van der Waals surface area contributed by atoms with Crippen LogP contribution in [0.25, 0.3) is 0 Å². The molecule has 0 aromatic heterocycles. The molecule has 0 saturated carbocycles. The van der Waals surface area contributed by atoms with Gasteiger partial charge < -0.3 is 4.74 Å². The van der Waals surface area contributed by atoms with Crippen molar-refractivity contribution in [3.8, 4) is 0 Å². The van der Waals surface area contributed by atoms with E-state index in [1.165, 1.54) is 193 Å². The molecule has 222 valence electrons. The number of thiocarbonyl (C=S) groups is 1. The quantitative estimate of drug-likeness (QED) is 0.0622. The summed E-state index contributed by atoms with van der Waals surface area (Å²) >= 11 is 5.44. The molecule has 0 fully saturated rings. The zero-order chi connectivity index (χ0) is 26.9. The van der Waals surface area contributed by atoms with Gasteiger partial charge in [0.25, 0.3) is 0 Å². The highest BCUT2D eigenvalue weighted by Gasteiger charge is 2.00. The first-order chi connectivity index (χ1) is 18.3. The third kappa shape index (κ3) is 33.9. The summed E-state index contributed by atoms with van der Waals surface area (Å²) in [5.41, 5.74) is 0. The average Bonchev–Trinajstić information content (AvgIpc) is 2.90. The van der Waals surface area contributed by atoms with Crippen LogP contribution in [0.2, 0.25) is 0 Å². The van der Waals surface area contributed by atoms with Crippen LogP contribution in [-0.4, -0.2) is 11.7 Å². The van der Waals surface area contributed by atoms with E-state index < -0.39 is 0 Å². The minimum absolute atomic E-state index is 0.843. The molecule has 0 spiro atoms. The molecule has 0 amide bonds. The van der Waals surface area contributed by atoms with Gasteiger partial charge in [0, 0.05) is 6.42 Å². The van der Waals surface area contributed by atoms with Crippen molar-refractivity contribution in [1.29, 1.82) is 0 Å². The van der Waals surface area contributed by atoms with Gasteiger partial charge in [0.15, 0.2) is 5.05 Å². The lowest BCUT2D eigenvalue weighted by atomic mass is 10.0. The molecule has 0 aliphatic carbocycles. The summed E-state index contributed by atoms with van der Waals surface area (Å²) in [6.45, 7) is 5.44. The molecule has 0 saturated heterocycles. The molecule has 1 nitrogen and oxygen atoms in total. The Morgan fingerprint density at radius 3 is 0.892 bits per heavy atom. The van der Waals surface area contributed by atoms with E-state index in [9.17, 15) is 0 Å². The molecule has 0 bridgehead atoms. The maximum atomic E-state index is 5.81. The molecule has 0 N–H and O–H groups in total. The summed E-state index contributed by atoms with van der Waals surface area (Å²) in [5, 5.41) is 0.861. The van der Waals surface area contributed by atoms with Crippen LogP contribution in [0, 0.1) is 0 Å². The zero-order valence-corrected chi connectivity index (χ0v) is 26.8. The minimum atomic E-state index is 0.843. The van der Waals surface area contributed by atoms with E-state index in [2.05, 4.69) is 13.8 Å². The van der Waals surface area contributed by atoms with E-state index in [1.807, 2.05) is 0 Å². The normalized spacial score (nSPS) is 11.3. The Hall–Kier alpha value is -0.110. The molecule has 0 aromatic carbocycles. The van der Waals surface area contributed by atoms with Crippen molar-refractivity contribution < 1.29 is 4.74 Å². The fourth-order valence-electron chi connectivity index (χ4n) is 5.37. The van der Waals surface area contributed by atoms with E-state index in [-0.39, 0.29) is 0 Å². The van der Waals surface area contributed by atoms with Gasteiger partial charge in [0.2, 0.25) is 0 Å². The number of unbranched alkanes of at least 4 members (excludes halogenated alkanes) is 28. The molecule has 0 radical (unpaired) electrons. The maximum absolute atomic E-state index is 5.81. The highest BCUT2D eigenvalue weighted by molar-refractivity contribution is 7.80. The van der Waals surface area contributed by atoms with Gasteiger partial charge in [-0.2, -0.15) is 0 Å². The molecule has 0 unspecified atom stereocenters. The van der Waals surface area contributed by atoms with Crippen LogP contribution in [-0.2, 0) is 4.74 Å². The first-order valence-corrected chi connectivity index (χ1v) is 17.9. The lowest BCUT2D eigenvalue weighted by Crippen LogP contribution is -2.03. The lowest BCUT2D eigenvalue weighted by Gasteiger charge is -2.08. The SMILES string of the molecule is CCCCCCCCCCCCCCCCCOC(=S)CCCCCCCCCCCCCCCCC. The van der Waals surface area contributed by atoms with Gasteiger partial charge >= 0.3 is 0 Å². The summed E-state index contributed by atoms with van der Waals surface area (Å²) in [5.74, 6) is 0. The van der Waals surface area contributed by atoms with Crippen LogP contribution >= 0.6 is 12.2 Å². The lowest BCUT2D eigenvalue weighted by molar-refractivity contribution is 0.290. The van der Waals surface area contributed by atoms with Gasteiger partial charge in [-0.3, -0.25) is 0 Å². The van der Waals surface area contributed by atoms with E-state index >= 15 is 0 Å². The Morgan fingerprint density at radius 1 is 0.351 bits per heavy atom. The predicted molar refractivity (Wildman–Crippen MR) is 173 cm³/mol. The van der Waals surface area contributed by atoms with Gasteiger partial charge in [0.1, 0.15) is 0 Å². The highest BCUT2D eigenvalue weighted by Crippen LogP contribution is 2.15. The van der Waals surface area contributed by atoms with Gasteiger partial charge in [0.05, 0.1) is 6.61 Å². The molecular weight excluding hydrogens is 468 g/mol. The molecule has 0 heterocycles. The van der Waals surface area contributed by atoms with Crippen molar-refractivity contribution in [3.63, 3.8) is 0 Å². The maximum Gasteiger partial charge on any atom is 0.159 e. The van der Waals surface area contributed by atoms with Crippen LogP contribution in [0.5, 0.6) is 0 Å². The first-order valence-electron chi connectivity index (χ1n) is 17.5. The fraction of sp³-hybridized carbons (Fsp3) is 0.971. The standard InChI is InChI=1S/C35H70OS/c1-3-5-7-9-11-13-15-17-19-21-23-25-27-29-31-33-35(37)36-34-32-30-28-26-24-22-20-18-16-14-12-10-8-6-4-2/h3-34H2,1-2H3. The molecular formula is C35H70OS. The second-order valence-corrected chi connectivity index (χ2v) is 12.3. The topological polar surface area (TPSA) is 9.23 Å². The molecule has 0 rings (SSSR count). The Bertz CT molecular complexity index is 421. The summed E-state index contributed by atoms with van der Waals surface area (Å²) in [6.07, 6.45) is 43.3. The third-order valence-electron chi connectivity index (χ3n) is 8.00. The van der Waals surface area contributed by atoms with Crippen molar-refractivity contribution in [1.82, 2.24) is 0 Å². The Labute approximate surface area is 241 Å². The smallest absolute Gasteiger partial charge is 0.159 e. The third-order valence-corrected chi connectivity index (χ3v) is 8.32. The van der Waals surface area contributed by atoms with Gasteiger partial charge in [-0.05, 0) is 25.1 Å². The summed E-state index contributed by atoms with van der Waals surface area (Å²) in [6, 6.07) is 0. The fourth-order valence-corrected chi connectivity index (χ4v) is 5.60. The Kier molecular flexibility index (Phi) is 33.8. The highest BCUT2D eigenvalue weighted by atomic mass is 32.1. The van der Waals surface area contributed by atoms with E-state index in [0.29, 0.717) is 0 Å². The second kappa shape index (κ2) is 33.9. The van der Waals surface area contributed by atoms with Crippen LogP contribution in [0.15, 0.2) is 0 Å². The van der Waals surface area contributed by atoms with E-state index in [1.54, 1.807) is 0 Å². The Morgan fingerprint density at radius 2 is 0.595 bits per heavy atom. The second-order valence-electron chi connectivity index (χ2n) is 11.9. The number of rotatable bonds is 32. The largest absolute Gasteiger partial charge is 0.487 e. The molecule has 0 aliphatic heterocycles. The Balaban J connectivity index is 3.14. The van der Waals surface area contributed by atoms with Crippen LogP contribution in [0.4, 0.5) is 0 Å². The molecule has 0 aliphatic rings. The van der Waals surface area contributed by atoms with E-state index in [0.717, 1.165) is 18.1 Å². The van der Waals surface area contributed by atoms with E-state index in [4.69, 9.17) is 17.0 Å². The summed E-state index contributed by atoms with van der Waals surface area (Å²) in [7, 11) is 0. The van der Waals surface area contributed by atoms with Gasteiger partial charge in [-0.1, -0.05) is 194 Å². The van der Waals surface area contributed by atoms with Crippen LogP contribution < -0.4 is 0 Å². The monoisotopic (exact) mass is 539 g/mol. The van der Waals surface area contributed by atoms with Crippen LogP contribution in [0.3, 0.4) is 0 Å². The summed E-state index contributed by atoms with van der Waals surface area (Å²) < 4.78 is 5.81. The van der Waals surface area contributed by atoms with Gasteiger partial charge in [-0.25, -0.2) is 0 Å². The van der Waals surface area contributed by atoms with Crippen LogP contribution in [0.1, 0.15) is 213 Å². The van der Waals surface area contributed by atoms with Crippen molar-refractivity contribution in [2.75, 3.05) is 6.61 Å². The zero-order valence-electron chi connectivity index (χ0n) is 25.9. The predicted octanol–water partition coefficient (Wildman–Crippen LogP) is 13.5. The summed E-state index contributed by atoms with van der Waals surface area (Å²) in [4.78, 5) is 0. The number of ether oxygens (including phenoxy) is 1. The minimum Gasteiger partial charge on any atom is -0.487 e. The van der Waals surface area contributed by atoms with Crippen molar-refractivity contribution in [3.05, 3.63) is 0 Å². The molecule has 0 aromatic rings. The average molecular weight is 539 g/mol. The van der Waals surface area contributed by atoms with Crippen molar-refractivity contribution >= 4 is 17.3 Å². The number of hydrogen-bond donors (Lipinski definition) is 0. The molecule has 0 atom stereocenters. The van der Waals surface area contributed by atoms with Gasteiger partial charge in [-0.15, -0.1) is 0 Å². The number of hydrogen-bond acceptors (Lipinski definition) is 2. The van der Waals surface area contributed by atoms with Crippen molar-refractivity contribution in [2.24, 2.45) is 0 Å². The van der Waals surface area contributed by atoms with Crippen molar-refractivity contribution in [2.45, 2.75) is 213 Å².